The number of methoxy groups -OCH3 is 1. The zero-order valence-electron chi connectivity index (χ0n) is 13.7. The standard InChI is InChI=1S/C19H21NO3S/c1-21-16-6-8-18(9-7-16)23-17-4-2-15(3-5-17)14-19(24)20-10-12-22-13-11-20/h2-9H,10-14H2,1H3. The molecule has 0 atom stereocenters. The van der Waals surface area contributed by atoms with Crippen molar-refractivity contribution in [1.29, 1.82) is 0 Å². The van der Waals surface area contributed by atoms with Crippen LogP contribution in [0.3, 0.4) is 0 Å². The molecular weight excluding hydrogens is 322 g/mol. The Morgan fingerprint density at radius 1 is 0.958 bits per heavy atom. The Kier molecular flexibility index (Phi) is 5.67. The summed E-state index contributed by atoms with van der Waals surface area (Å²) in [6.45, 7) is 3.29. The Balaban J connectivity index is 1.57. The van der Waals surface area contributed by atoms with Gasteiger partial charge in [-0.25, -0.2) is 0 Å². The fraction of sp³-hybridized carbons (Fsp3) is 0.316. The number of thiocarbonyl (C=S) groups is 1. The molecule has 4 nitrogen and oxygen atoms in total. The summed E-state index contributed by atoms with van der Waals surface area (Å²) in [5.74, 6) is 2.41. The lowest BCUT2D eigenvalue weighted by molar-refractivity contribution is 0.0685. The molecule has 0 radical (unpaired) electrons. The molecule has 126 valence electrons. The van der Waals surface area contributed by atoms with Crippen LogP contribution in [0.15, 0.2) is 48.5 Å². The molecule has 5 heteroatoms. The first-order valence-electron chi connectivity index (χ1n) is 8.01. The van der Waals surface area contributed by atoms with Crippen molar-refractivity contribution in [3.8, 4) is 17.2 Å². The van der Waals surface area contributed by atoms with Crippen LogP contribution in [0.1, 0.15) is 5.56 Å². The molecule has 0 amide bonds. The van der Waals surface area contributed by atoms with Crippen LogP contribution in [0.2, 0.25) is 0 Å². The predicted molar refractivity (Wildman–Crippen MR) is 98.2 cm³/mol. The molecule has 2 aromatic carbocycles. The minimum Gasteiger partial charge on any atom is -0.497 e. The third-order valence-electron chi connectivity index (χ3n) is 3.94. The van der Waals surface area contributed by atoms with E-state index in [1.807, 2.05) is 36.4 Å². The average molecular weight is 343 g/mol. The second-order valence-electron chi connectivity index (χ2n) is 5.59. The molecule has 0 aliphatic carbocycles. The summed E-state index contributed by atoms with van der Waals surface area (Å²) >= 11 is 5.54. The third-order valence-corrected chi connectivity index (χ3v) is 4.34. The maximum Gasteiger partial charge on any atom is 0.127 e. The van der Waals surface area contributed by atoms with Crippen molar-refractivity contribution in [3.63, 3.8) is 0 Å². The maximum atomic E-state index is 5.84. The highest BCUT2D eigenvalue weighted by Gasteiger charge is 2.13. The van der Waals surface area contributed by atoms with E-state index >= 15 is 0 Å². The minimum absolute atomic E-state index is 0.759. The van der Waals surface area contributed by atoms with Gasteiger partial charge >= 0.3 is 0 Å². The molecule has 0 unspecified atom stereocenters. The van der Waals surface area contributed by atoms with E-state index in [1.54, 1.807) is 7.11 Å². The van der Waals surface area contributed by atoms with Crippen molar-refractivity contribution in [2.45, 2.75) is 6.42 Å². The van der Waals surface area contributed by atoms with Crippen molar-refractivity contribution in [2.75, 3.05) is 33.4 Å². The van der Waals surface area contributed by atoms with Crippen LogP contribution >= 0.6 is 12.2 Å². The zero-order chi connectivity index (χ0) is 16.8. The summed E-state index contributed by atoms with van der Waals surface area (Å²) in [6, 6.07) is 15.6. The third kappa shape index (κ3) is 4.46. The summed E-state index contributed by atoms with van der Waals surface area (Å²) in [6.07, 6.45) is 0.776. The van der Waals surface area contributed by atoms with Gasteiger partial charge in [-0.2, -0.15) is 0 Å². The van der Waals surface area contributed by atoms with Crippen LogP contribution in [-0.2, 0) is 11.2 Å². The molecule has 0 aromatic heterocycles. The molecule has 24 heavy (non-hydrogen) atoms. The molecule has 0 spiro atoms. The van der Waals surface area contributed by atoms with E-state index in [0.29, 0.717) is 0 Å². The monoisotopic (exact) mass is 343 g/mol. The number of nitrogens with zero attached hydrogens (tertiary/aromatic N) is 1. The van der Waals surface area contributed by atoms with Gasteiger partial charge in [0.2, 0.25) is 0 Å². The highest BCUT2D eigenvalue weighted by Crippen LogP contribution is 2.24. The quantitative estimate of drug-likeness (QED) is 0.773. The van der Waals surface area contributed by atoms with Crippen LogP contribution in [0.5, 0.6) is 17.2 Å². The molecule has 0 saturated carbocycles. The van der Waals surface area contributed by atoms with E-state index < -0.39 is 0 Å². The highest BCUT2D eigenvalue weighted by molar-refractivity contribution is 7.80. The first kappa shape index (κ1) is 16.7. The molecule has 3 rings (SSSR count). The number of rotatable bonds is 5. The van der Waals surface area contributed by atoms with Crippen molar-refractivity contribution >= 4 is 17.2 Å². The van der Waals surface area contributed by atoms with Crippen molar-refractivity contribution in [3.05, 3.63) is 54.1 Å². The van der Waals surface area contributed by atoms with Crippen molar-refractivity contribution < 1.29 is 14.2 Å². The van der Waals surface area contributed by atoms with E-state index in [-0.39, 0.29) is 0 Å². The molecule has 1 saturated heterocycles. The summed E-state index contributed by atoms with van der Waals surface area (Å²) < 4.78 is 16.3. The van der Waals surface area contributed by atoms with Gasteiger partial charge in [-0.05, 0) is 42.0 Å². The van der Waals surface area contributed by atoms with Gasteiger partial charge in [0.25, 0.3) is 0 Å². The molecule has 1 aliphatic rings. The van der Waals surface area contributed by atoms with Gasteiger partial charge in [0.05, 0.1) is 25.3 Å². The first-order valence-corrected chi connectivity index (χ1v) is 8.42. The van der Waals surface area contributed by atoms with Crippen LogP contribution in [0, 0.1) is 0 Å². The van der Waals surface area contributed by atoms with E-state index in [0.717, 1.165) is 55.0 Å². The van der Waals surface area contributed by atoms with Crippen molar-refractivity contribution in [2.24, 2.45) is 0 Å². The SMILES string of the molecule is COc1ccc(Oc2ccc(CC(=S)N3CCOCC3)cc2)cc1. The summed E-state index contributed by atoms with van der Waals surface area (Å²) in [5, 5.41) is 0. The molecule has 1 aliphatic heterocycles. The Morgan fingerprint density at radius 3 is 2.08 bits per heavy atom. The summed E-state index contributed by atoms with van der Waals surface area (Å²) in [7, 11) is 1.65. The Hall–Kier alpha value is -2.11. The molecular formula is C19H21NO3S. The Labute approximate surface area is 147 Å². The van der Waals surface area contributed by atoms with Crippen LogP contribution in [-0.4, -0.2) is 43.3 Å². The smallest absolute Gasteiger partial charge is 0.127 e. The normalized spacial score (nSPS) is 14.3. The van der Waals surface area contributed by atoms with Gasteiger partial charge in [-0.3, -0.25) is 0 Å². The number of hydrogen-bond acceptors (Lipinski definition) is 4. The largest absolute Gasteiger partial charge is 0.497 e. The average Bonchev–Trinajstić information content (AvgIpc) is 2.65. The minimum atomic E-state index is 0.759. The second-order valence-corrected chi connectivity index (χ2v) is 6.06. The lowest BCUT2D eigenvalue weighted by Gasteiger charge is -2.29. The topological polar surface area (TPSA) is 30.9 Å². The predicted octanol–water partition coefficient (Wildman–Crippen LogP) is 3.69. The lowest BCUT2D eigenvalue weighted by atomic mass is 10.1. The van der Waals surface area contributed by atoms with Gasteiger partial charge in [0.1, 0.15) is 17.2 Å². The molecule has 1 fully saturated rings. The van der Waals surface area contributed by atoms with E-state index in [9.17, 15) is 0 Å². The van der Waals surface area contributed by atoms with E-state index in [4.69, 9.17) is 26.4 Å². The Bertz CT molecular complexity index is 664. The highest BCUT2D eigenvalue weighted by atomic mass is 32.1. The van der Waals surface area contributed by atoms with Gasteiger partial charge in [0, 0.05) is 19.5 Å². The number of ether oxygens (including phenoxy) is 3. The van der Waals surface area contributed by atoms with E-state index in [1.165, 1.54) is 5.56 Å². The lowest BCUT2D eigenvalue weighted by Crippen LogP contribution is -2.40. The summed E-state index contributed by atoms with van der Waals surface area (Å²) in [4.78, 5) is 3.20. The second kappa shape index (κ2) is 8.13. The zero-order valence-corrected chi connectivity index (χ0v) is 14.6. The fourth-order valence-electron chi connectivity index (χ4n) is 2.55. The molecule has 1 heterocycles. The van der Waals surface area contributed by atoms with Crippen LogP contribution < -0.4 is 9.47 Å². The Morgan fingerprint density at radius 2 is 1.50 bits per heavy atom. The first-order chi connectivity index (χ1) is 11.7. The maximum absolute atomic E-state index is 5.84. The van der Waals surface area contributed by atoms with Crippen LogP contribution in [0.4, 0.5) is 0 Å². The molecule has 0 bridgehead atoms. The van der Waals surface area contributed by atoms with Crippen LogP contribution in [0.25, 0.3) is 0 Å². The number of morpholine rings is 1. The molecule has 2 aromatic rings. The van der Waals surface area contributed by atoms with Gasteiger partial charge in [0.15, 0.2) is 0 Å². The van der Waals surface area contributed by atoms with Gasteiger partial charge in [-0.1, -0.05) is 24.4 Å². The fourth-order valence-corrected chi connectivity index (χ4v) is 2.90. The number of hydrogen-bond donors (Lipinski definition) is 0. The van der Waals surface area contributed by atoms with Crippen molar-refractivity contribution in [1.82, 2.24) is 4.90 Å². The molecule has 0 N–H and O–H groups in total. The van der Waals surface area contributed by atoms with E-state index in [2.05, 4.69) is 17.0 Å². The van der Waals surface area contributed by atoms with Gasteiger partial charge in [-0.15, -0.1) is 0 Å². The van der Waals surface area contributed by atoms with Gasteiger partial charge < -0.3 is 19.1 Å². The number of benzene rings is 2. The summed E-state index contributed by atoms with van der Waals surface area (Å²) in [5.41, 5.74) is 1.19.